The second kappa shape index (κ2) is 9.42. The minimum atomic E-state index is -0.387. The molecule has 194 valence electrons. The summed E-state index contributed by atoms with van der Waals surface area (Å²) < 4.78 is 0. The third-order valence-electron chi connectivity index (χ3n) is 11.3. The number of amides is 1. The summed E-state index contributed by atoms with van der Waals surface area (Å²) in [5.74, 6) is 1.88. The smallest absolute Gasteiger partial charge is 0.224 e. The van der Waals surface area contributed by atoms with E-state index in [0.29, 0.717) is 36.0 Å². The van der Waals surface area contributed by atoms with Crippen molar-refractivity contribution in [2.75, 3.05) is 5.32 Å². The van der Waals surface area contributed by atoms with Crippen LogP contribution in [0.15, 0.2) is 24.5 Å². The molecule has 1 heterocycles. The van der Waals surface area contributed by atoms with Crippen LogP contribution in [0.3, 0.4) is 0 Å². The number of nitrogens with zero attached hydrogens (tertiary/aromatic N) is 1. The topological polar surface area (TPSA) is 103 Å². The van der Waals surface area contributed by atoms with E-state index in [1.807, 2.05) is 12.1 Å². The maximum Gasteiger partial charge on any atom is 0.224 e. The van der Waals surface area contributed by atoms with Crippen molar-refractivity contribution >= 4 is 11.6 Å². The molecule has 0 bridgehead atoms. The van der Waals surface area contributed by atoms with Gasteiger partial charge in [-0.25, -0.2) is 0 Å². The van der Waals surface area contributed by atoms with Gasteiger partial charge in [0.05, 0.1) is 30.2 Å². The van der Waals surface area contributed by atoms with E-state index in [9.17, 15) is 20.1 Å². The third kappa shape index (κ3) is 4.23. The van der Waals surface area contributed by atoms with Gasteiger partial charge >= 0.3 is 0 Å². The lowest BCUT2D eigenvalue weighted by atomic mass is 9.43. The van der Waals surface area contributed by atoms with Crippen LogP contribution in [0, 0.1) is 46.3 Å². The van der Waals surface area contributed by atoms with Crippen molar-refractivity contribution in [3.8, 4) is 0 Å². The average molecular weight is 485 g/mol. The van der Waals surface area contributed by atoms with Crippen LogP contribution in [0.5, 0.6) is 0 Å². The number of aromatic nitrogens is 1. The molecule has 0 saturated heterocycles. The molecule has 0 aromatic carbocycles. The molecule has 4 saturated carbocycles. The van der Waals surface area contributed by atoms with E-state index in [-0.39, 0.29) is 41.0 Å². The molecule has 0 radical (unpaired) electrons. The van der Waals surface area contributed by atoms with Crippen LogP contribution in [-0.4, -0.2) is 44.5 Å². The molecular weight excluding hydrogens is 440 g/mol. The fraction of sp³-hybridized carbons (Fsp3) is 0.793. The normalized spacial score (nSPS) is 45.7. The van der Waals surface area contributed by atoms with Crippen molar-refractivity contribution in [3.05, 3.63) is 24.5 Å². The SMILES string of the molecule is CC(CCC(=O)Nc1cccnc1)[C@H]1CCC2C3C(C[C@H](O)[C@@]21C)[C@@]1(C)CC[C@@H](O)CC1C[C@H]3O. The van der Waals surface area contributed by atoms with Gasteiger partial charge in [-0.05, 0) is 110 Å². The summed E-state index contributed by atoms with van der Waals surface area (Å²) in [5, 5.41) is 36.3. The Bertz CT molecular complexity index is 911. The van der Waals surface area contributed by atoms with Gasteiger partial charge in [-0.2, -0.15) is 0 Å². The molecule has 6 heteroatoms. The highest BCUT2D eigenvalue weighted by Gasteiger charge is 2.65. The van der Waals surface area contributed by atoms with Gasteiger partial charge in [-0.3, -0.25) is 9.78 Å². The number of anilines is 1. The van der Waals surface area contributed by atoms with Gasteiger partial charge in [0, 0.05) is 12.6 Å². The molecule has 35 heavy (non-hydrogen) atoms. The molecule has 4 fully saturated rings. The lowest BCUT2D eigenvalue weighted by molar-refractivity contribution is -0.207. The van der Waals surface area contributed by atoms with Gasteiger partial charge in [0.15, 0.2) is 0 Å². The number of nitrogens with one attached hydrogen (secondary N) is 1. The number of hydrogen-bond acceptors (Lipinski definition) is 5. The maximum atomic E-state index is 12.5. The fourth-order valence-corrected chi connectivity index (χ4v) is 9.35. The highest BCUT2D eigenvalue weighted by atomic mass is 16.3. The van der Waals surface area contributed by atoms with Crippen molar-refractivity contribution in [2.24, 2.45) is 46.3 Å². The number of fused-ring (bicyclic) bond motifs is 5. The van der Waals surface area contributed by atoms with E-state index in [1.54, 1.807) is 12.4 Å². The van der Waals surface area contributed by atoms with Crippen LogP contribution in [-0.2, 0) is 4.79 Å². The van der Waals surface area contributed by atoms with Crippen LogP contribution >= 0.6 is 0 Å². The third-order valence-corrected chi connectivity index (χ3v) is 11.3. The van der Waals surface area contributed by atoms with Crippen LogP contribution in [0.25, 0.3) is 0 Å². The molecule has 0 aliphatic heterocycles. The number of aliphatic hydroxyl groups is 3. The zero-order chi connectivity index (χ0) is 25.0. The summed E-state index contributed by atoms with van der Waals surface area (Å²) in [4.78, 5) is 16.6. The molecule has 1 aromatic rings. The van der Waals surface area contributed by atoms with Crippen molar-refractivity contribution in [1.29, 1.82) is 0 Å². The molecule has 4 aliphatic rings. The van der Waals surface area contributed by atoms with Gasteiger partial charge in [0.25, 0.3) is 0 Å². The van der Waals surface area contributed by atoms with Crippen LogP contribution in [0.2, 0.25) is 0 Å². The number of carbonyl (C=O) groups excluding carboxylic acids is 1. The Labute approximate surface area is 209 Å². The molecule has 4 aliphatic carbocycles. The van der Waals surface area contributed by atoms with E-state index in [4.69, 9.17) is 0 Å². The Morgan fingerprint density at radius 3 is 2.69 bits per heavy atom. The molecule has 6 nitrogen and oxygen atoms in total. The highest BCUT2D eigenvalue weighted by molar-refractivity contribution is 5.90. The Morgan fingerprint density at radius 2 is 1.94 bits per heavy atom. The number of carbonyl (C=O) groups is 1. The van der Waals surface area contributed by atoms with Crippen molar-refractivity contribution in [3.63, 3.8) is 0 Å². The fourth-order valence-electron chi connectivity index (χ4n) is 9.35. The van der Waals surface area contributed by atoms with Crippen LogP contribution in [0.1, 0.15) is 78.6 Å². The molecule has 5 rings (SSSR count). The average Bonchev–Trinajstić information content (AvgIpc) is 3.18. The summed E-state index contributed by atoms with van der Waals surface area (Å²) >= 11 is 0. The van der Waals surface area contributed by atoms with Gasteiger partial charge in [0.2, 0.25) is 5.91 Å². The molecule has 4 N–H and O–H groups in total. The standard InChI is InChI=1S/C29H44N2O4/c1-17(6-9-26(35)31-19-5-4-12-30-16-19)21-7-8-22-27-23(15-25(34)29(21,22)3)28(2)11-10-20(32)13-18(28)14-24(27)33/h4-5,12,16-18,20-25,27,32-34H,6-11,13-15H2,1-3H3,(H,31,35)/t17?,18?,20-,21-,22?,23?,24-,25+,27?,28+,29-/m1/s1. The van der Waals surface area contributed by atoms with E-state index in [0.717, 1.165) is 57.1 Å². The summed E-state index contributed by atoms with van der Waals surface area (Å²) in [7, 11) is 0. The van der Waals surface area contributed by atoms with E-state index in [1.165, 1.54) is 0 Å². The first kappa shape index (κ1) is 25.2. The van der Waals surface area contributed by atoms with E-state index < -0.39 is 0 Å². The first-order valence-electron chi connectivity index (χ1n) is 13.9. The second-order valence-corrected chi connectivity index (χ2v) is 12.8. The Kier molecular flexibility index (Phi) is 6.77. The number of pyridine rings is 1. The van der Waals surface area contributed by atoms with Crippen molar-refractivity contribution in [2.45, 2.75) is 96.9 Å². The lowest BCUT2D eigenvalue weighted by Gasteiger charge is -2.63. The summed E-state index contributed by atoms with van der Waals surface area (Å²) in [6, 6.07) is 3.66. The molecular formula is C29H44N2O4. The van der Waals surface area contributed by atoms with Gasteiger partial charge in [-0.15, -0.1) is 0 Å². The predicted octanol–water partition coefficient (Wildman–Crippen LogP) is 4.40. The zero-order valence-electron chi connectivity index (χ0n) is 21.6. The number of hydrogen-bond donors (Lipinski definition) is 4. The summed E-state index contributed by atoms with van der Waals surface area (Å²) in [6.45, 7) is 6.89. The van der Waals surface area contributed by atoms with Crippen LogP contribution < -0.4 is 5.32 Å². The molecule has 11 atom stereocenters. The molecule has 1 aromatic heterocycles. The monoisotopic (exact) mass is 484 g/mol. The summed E-state index contributed by atoms with van der Waals surface area (Å²) in [5.41, 5.74) is 0.596. The number of aliphatic hydroxyl groups excluding tert-OH is 3. The number of rotatable bonds is 5. The Balaban J connectivity index is 1.29. The zero-order valence-corrected chi connectivity index (χ0v) is 21.6. The first-order valence-corrected chi connectivity index (χ1v) is 13.9. The summed E-state index contributed by atoms with van der Waals surface area (Å²) in [6.07, 6.45) is 9.88. The van der Waals surface area contributed by atoms with Crippen LogP contribution in [0.4, 0.5) is 5.69 Å². The Hall–Kier alpha value is -1.50. The molecule has 0 spiro atoms. The van der Waals surface area contributed by atoms with Gasteiger partial charge < -0.3 is 20.6 Å². The highest BCUT2D eigenvalue weighted by Crippen LogP contribution is 2.68. The van der Waals surface area contributed by atoms with Crippen molar-refractivity contribution < 1.29 is 20.1 Å². The minimum absolute atomic E-state index is 0.00922. The van der Waals surface area contributed by atoms with Gasteiger partial charge in [-0.1, -0.05) is 20.8 Å². The predicted molar refractivity (Wildman–Crippen MR) is 135 cm³/mol. The van der Waals surface area contributed by atoms with E-state index >= 15 is 0 Å². The van der Waals surface area contributed by atoms with Crippen molar-refractivity contribution in [1.82, 2.24) is 4.98 Å². The lowest BCUT2D eigenvalue weighted by Crippen LogP contribution is -2.62. The van der Waals surface area contributed by atoms with E-state index in [2.05, 4.69) is 31.1 Å². The minimum Gasteiger partial charge on any atom is -0.393 e. The maximum absolute atomic E-state index is 12.5. The quantitative estimate of drug-likeness (QED) is 0.496. The molecule has 1 amide bonds. The van der Waals surface area contributed by atoms with Gasteiger partial charge in [0.1, 0.15) is 0 Å². The molecule has 5 unspecified atom stereocenters. The first-order chi connectivity index (χ1) is 16.6. The second-order valence-electron chi connectivity index (χ2n) is 12.8. The largest absolute Gasteiger partial charge is 0.393 e. The Morgan fingerprint density at radius 1 is 1.14 bits per heavy atom.